The Morgan fingerprint density at radius 2 is 2.00 bits per heavy atom. The van der Waals surface area contributed by atoms with Gasteiger partial charge in [-0.15, -0.1) is 0 Å². The van der Waals surface area contributed by atoms with E-state index in [-0.39, 0.29) is 19.8 Å². The lowest BCUT2D eigenvalue weighted by Gasteiger charge is -2.26. The predicted molar refractivity (Wildman–Crippen MR) is 106 cm³/mol. The summed E-state index contributed by atoms with van der Waals surface area (Å²) in [6.07, 6.45) is 1.71. The predicted octanol–water partition coefficient (Wildman–Crippen LogP) is 2.35. The zero-order valence-electron chi connectivity index (χ0n) is 15.6. The number of hydrogen-bond donors (Lipinski definition) is 3. The van der Waals surface area contributed by atoms with E-state index in [2.05, 4.69) is 10.4 Å². The lowest BCUT2D eigenvalue weighted by atomic mass is 10.0. The van der Waals surface area contributed by atoms with E-state index in [1.54, 1.807) is 42.8 Å². The zero-order chi connectivity index (χ0) is 20.3. The molecule has 0 spiro atoms. The fourth-order valence-corrected chi connectivity index (χ4v) is 2.95. The van der Waals surface area contributed by atoms with Crippen LogP contribution >= 0.6 is 11.6 Å². The Morgan fingerprint density at radius 1 is 1.29 bits per heavy atom. The number of carbonyl (C=O) groups excluding carboxylic acids is 1. The summed E-state index contributed by atoms with van der Waals surface area (Å²) in [5.74, 6) is 0.134. The SMILES string of the molecule is Cc1nn2ccc(OCc3ccccc3Cl)cc2c1C(=O)NC(C)(CO)CO. The van der Waals surface area contributed by atoms with Crippen LogP contribution in [0.15, 0.2) is 42.6 Å². The summed E-state index contributed by atoms with van der Waals surface area (Å²) in [5.41, 5.74) is 1.17. The molecule has 2 heterocycles. The summed E-state index contributed by atoms with van der Waals surface area (Å²) >= 11 is 6.16. The van der Waals surface area contributed by atoms with Crippen LogP contribution in [0, 0.1) is 6.92 Å². The molecule has 0 atom stereocenters. The molecule has 7 nitrogen and oxygen atoms in total. The van der Waals surface area contributed by atoms with Crippen LogP contribution in [0.4, 0.5) is 0 Å². The number of pyridine rings is 1. The number of fused-ring (bicyclic) bond motifs is 1. The number of aliphatic hydroxyl groups is 2. The molecule has 0 saturated heterocycles. The minimum Gasteiger partial charge on any atom is -0.489 e. The number of nitrogens with zero attached hydrogens (tertiary/aromatic N) is 2. The third-order valence-corrected chi connectivity index (χ3v) is 4.84. The molecule has 0 saturated carbocycles. The molecule has 2 aromatic heterocycles. The highest BCUT2D eigenvalue weighted by Gasteiger charge is 2.28. The van der Waals surface area contributed by atoms with Gasteiger partial charge in [0.05, 0.1) is 35.5 Å². The van der Waals surface area contributed by atoms with E-state index in [4.69, 9.17) is 16.3 Å². The van der Waals surface area contributed by atoms with Crippen LogP contribution in [-0.2, 0) is 6.61 Å². The molecular formula is C20H22ClN3O4. The highest BCUT2D eigenvalue weighted by molar-refractivity contribution is 6.31. The van der Waals surface area contributed by atoms with Gasteiger partial charge in [0.25, 0.3) is 5.91 Å². The van der Waals surface area contributed by atoms with Crippen molar-refractivity contribution in [3.63, 3.8) is 0 Å². The van der Waals surface area contributed by atoms with Gasteiger partial charge in [0.15, 0.2) is 0 Å². The van der Waals surface area contributed by atoms with Crippen molar-refractivity contribution in [1.29, 1.82) is 0 Å². The van der Waals surface area contributed by atoms with Crippen LogP contribution in [0.3, 0.4) is 0 Å². The Hall–Kier alpha value is -2.61. The van der Waals surface area contributed by atoms with Gasteiger partial charge in [-0.3, -0.25) is 4.79 Å². The number of nitrogens with one attached hydrogen (secondary N) is 1. The van der Waals surface area contributed by atoms with Gasteiger partial charge in [-0.25, -0.2) is 4.52 Å². The standard InChI is InChI=1S/C20H22ClN3O4/c1-13-18(19(27)22-20(2,11-25)12-26)17-9-15(7-8-24(17)23-13)28-10-14-5-3-4-6-16(14)21/h3-9,25-26H,10-12H2,1-2H3,(H,22,27). The van der Waals surface area contributed by atoms with Gasteiger partial charge >= 0.3 is 0 Å². The summed E-state index contributed by atoms with van der Waals surface area (Å²) in [6.45, 7) is 2.79. The van der Waals surface area contributed by atoms with Crippen molar-refractivity contribution in [2.75, 3.05) is 13.2 Å². The first-order valence-corrected chi connectivity index (χ1v) is 9.14. The second-order valence-electron chi connectivity index (χ2n) is 6.86. The first-order valence-electron chi connectivity index (χ1n) is 8.76. The molecule has 0 aliphatic rings. The normalized spacial score (nSPS) is 11.6. The minimum atomic E-state index is -1.13. The van der Waals surface area contributed by atoms with E-state index in [9.17, 15) is 15.0 Å². The number of amides is 1. The van der Waals surface area contributed by atoms with Crippen molar-refractivity contribution >= 4 is 23.0 Å². The summed E-state index contributed by atoms with van der Waals surface area (Å²) in [5, 5.41) is 26.5. The van der Waals surface area contributed by atoms with E-state index < -0.39 is 11.4 Å². The molecule has 3 aromatic rings. The average molecular weight is 404 g/mol. The molecule has 148 valence electrons. The van der Waals surface area contributed by atoms with Gasteiger partial charge in [0.1, 0.15) is 12.4 Å². The molecule has 3 rings (SSSR count). The molecule has 8 heteroatoms. The van der Waals surface area contributed by atoms with Gasteiger partial charge < -0.3 is 20.3 Å². The molecule has 1 amide bonds. The van der Waals surface area contributed by atoms with Crippen molar-refractivity contribution in [2.45, 2.75) is 26.0 Å². The smallest absolute Gasteiger partial charge is 0.255 e. The Kier molecular flexibility index (Phi) is 5.88. The van der Waals surface area contributed by atoms with Crippen LogP contribution in [0.2, 0.25) is 5.02 Å². The Labute approximate surface area is 167 Å². The molecular weight excluding hydrogens is 382 g/mol. The number of aryl methyl sites for hydroxylation is 1. The number of ether oxygens (including phenoxy) is 1. The third-order valence-electron chi connectivity index (χ3n) is 4.47. The van der Waals surface area contributed by atoms with Crippen LogP contribution in [0.5, 0.6) is 5.75 Å². The molecule has 28 heavy (non-hydrogen) atoms. The second kappa shape index (κ2) is 8.18. The molecule has 0 aliphatic heterocycles. The van der Waals surface area contributed by atoms with Crippen molar-refractivity contribution in [3.05, 3.63) is 64.4 Å². The number of rotatable bonds is 7. The molecule has 0 fully saturated rings. The maximum atomic E-state index is 12.8. The number of benzene rings is 1. The molecule has 0 unspecified atom stereocenters. The van der Waals surface area contributed by atoms with E-state index in [0.717, 1.165) is 5.56 Å². The molecule has 3 N–H and O–H groups in total. The number of hydrogen-bond acceptors (Lipinski definition) is 5. The third kappa shape index (κ3) is 4.11. The Balaban J connectivity index is 1.88. The molecule has 1 aromatic carbocycles. The van der Waals surface area contributed by atoms with Crippen LogP contribution < -0.4 is 10.1 Å². The first kappa shape index (κ1) is 20.1. The fourth-order valence-electron chi connectivity index (χ4n) is 2.76. The minimum absolute atomic E-state index is 0.289. The van der Waals surface area contributed by atoms with Gasteiger partial charge in [0.2, 0.25) is 0 Å². The maximum Gasteiger partial charge on any atom is 0.255 e. The lowest BCUT2D eigenvalue weighted by Crippen LogP contribution is -2.51. The van der Waals surface area contributed by atoms with Crippen LogP contribution in [0.1, 0.15) is 28.5 Å². The van der Waals surface area contributed by atoms with Crippen molar-refractivity contribution in [1.82, 2.24) is 14.9 Å². The summed E-state index contributed by atoms with van der Waals surface area (Å²) in [4.78, 5) is 12.8. The van der Waals surface area contributed by atoms with Gasteiger partial charge in [-0.2, -0.15) is 5.10 Å². The average Bonchev–Trinajstić information content (AvgIpc) is 3.02. The number of halogens is 1. The van der Waals surface area contributed by atoms with Gasteiger partial charge in [0, 0.05) is 22.8 Å². The second-order valence-corrected chi connectivity index (χ2v) is 7.27. The first-order chi connectivity index (χ1) is 13.4. The van der Waals surface area contributed by atoms with Crippen molar-refractivity contribution in [3.8, 4) is 5.75 Å². The monoisotopic (exact) mass is 403 g/mol. The summed E-state index contributed by atoms with van der Waals surface area (Å²) in [6, 6.07) is 10.9. The highest BCUT2D eigenvalue weighted by atomic mass is 35.5. The number of aromatic nitrogens is 2. The van der Waals surface area contributed by atoms with Crippen molar-refractivity contribution < 1.29 is 19.7 Å². The topological polar surface area (TPSA) is 96.1 Å². The highest BCUT2D eigenvalue weighted by Crippen LogP contribution is 2.23. The van der Waals surface area contributed by atoms with Gasteiger partial charge in [-0.05, 0) is 26.0 Å². The summed E-state index contributed by atoms with van der Waals surface area (Å²) < 4.78 is 7.42. The number of aliphatic hydroxyl groups excluding tert-OH is 2. The Morgan fingerprint density at radius 3 is 2.68 bits per heavy atom. The summed E-state index contributed by atoms with van der Waals surface area (Å²) in [7, 11) is 0. The van der Waals surface area contributed by atoms with Gasteiger partial charge in [-0.1, -0.05) is 29.8 Å². The molecule has 0 aliphatic carbocycles. The molecule has 0 bridgehead atoms. The number of carbonyl (C=O) groups is 1. The van der Waals surface area contributed by atoms with Crippen molar-refractivity contribution in [2.24, 2.45) is 0 Å². The molecule has 0 radical (unpaired) electrons. The Bertz CT molecular complexity index is 998. The zero-order valence-corrected chi connectivity index (χ0v) is 16.4. The van der Waals surface area contributed by atoms with E-state index >= 15 is 0 Å². The quantitative estimate of drug-likeness (QED) is 0.562. The van der Waals surface area contributed by atoms with Crippen LogP contribution in [0.25, 0.3) is 5.52 Å². The van der Waals surface area contributed by atoms with E-state index in [1.165, 1.54) is 0 Å². The fraction of sp³-hybridized carbons (Fsp3) is 0.300. The van der Waals surface area contributed by atoms with Crippen LogP contribution in [-0.4, -0.2) is 44.5 Å². The van der Waals surface area contributed by atoms with E-state index in [1.807, 2.05) is 18.2 Å². The lowest BCUT2D eigenvalue weighted by molar-refractivity contribution is 0.0724. The van der Waals surface area contributed by atoms with E-state index in [0.29, 0.717) is 27.5 Å². The largest absolute Gasteiger partial charge is 0.489 e. The maximum absolute atomic E-state index is 12.8.